The molecule has 2 saturated heterocycles. The summed E-state index contributed by atoms with van der Waals surface area (Å²) in [6, 6.07) is 38.0. The van der Waals surface area contributed by atoms with Crippen LogP contribution in [0.3, 0.4) is 0 Å². The molecule has 64 heavy (non-hydrogen) atoms. The number of hydrogen-bond donors (Lipinski definition) is 1. The SMILES string of the molecule is COc1ccc(C(OC=CC[C@@]23CO[C@@H]([C@H](n4ccc(NC(=O)c5ccccc5)nc4=O)O2)[C@@H]3OP(OCCC#N)N(C(C)C)C(C)C)(c2ccccc2)c2ccc(OC)cc2)cc1. The van der Waals surface area contributed by atoms with Crippen LogP contribution in [0, 0.1) is 11.3 Å². The van der Waals surface area contributed by atoms with Crippen molar-refractivity contribution in [1.82, 2.24) is 14.2 Å². The maximum absolute atomic E-state index is 13.8. The Morgan fingerprint density at radius 1 is 0.922 bits per heavy atom. The number of carbonyl (C=O) groups excluding carboxylic acids is 1. The summed E-state index contributed by atoms with van der Waals surface area (Å²) in [5.41, 5.74) is 0.131. The Hall–Kier alpha value is -5.91. The van der Waals surface area contributed by atoms with Crippen LogP contribution in [-0.2, 0) is 28.9 Å². The van der Waals surface area contributed by atoms with E-state index in [0.29, 0.717) is 17.1 Å². The number of nitriles is 1. The number of nitrogens with zero attached hydrogens (tertiary/aromatic N) is 4. The van der Waals surface area contributed by atoms with Gasteiger partial charge in [0.05, 0.1) is 46.2 Å². The van der Waals surface area contributed by atoms with Crippen molar-refractivity contribution < 1.29 is 37.5 Å². The number of fused-ring (bicyclic) bond motifs is 2. The van der Waals surface area contributed by atoms with Crippen LogP contribution in [0.2, 0.25) is 0 Å². The lowest BCUT2D eigenvalue weighted by Crippen LogP contribution is -2.43. The smallest absolute Gasteiger partial charge is 0.351 e. The second-order valence-corrected chi connectivity index (χ2v) is 17.3. The van der Waals surface area contributed by atoms with Crippen molar-refractivity contribution in [2.45, 2.75) is 82.3 Å². The van der Waals surface area contributed by atoms with E-state index in [0.717, 1.165) is 16.7 Å². The molecule has 0 spiro atoms. The lowest BCUT2D eigenvalue weighted by molar-refractivity contribution is -0.173. The van der Waals surface area contributed by atoms with Crippen LogP contribution in [0.25, 0.3) is 0 Å². The second-order valence-electron chi connectivity index (χ2n) is 15.9. The van der Waals surface area contributed by atoms with Crippen molar-refractivity contribution in [3.63, 3.8) is 0 Å². The highest BCUT2D eigenvalue weighted by Gasteiger charge is 2.64. The van der Waals surface area contributed by atoms with E-state index in [1.807, 2.05) is 91.0 Å². The summed E-state index contributed by atoms with van der Waals surface area (Å²) in [5.74, 6) is 1.11. The normalized spacial score (nSPS) is 19.8. The molecule has 334 valence electrons. The summed E-state index contributed by atoms with van der Waals surface area (Å²) in [5, 5.41) is 12.1. The fourth-order valence-electron chi connectivity index (χ4n) is 8.21. The van der Waals surface area contributed by atoms with Gasteiger partial charge in [0.25, 0.3) is 14.4 Å². The van der Waals surface area contributed by atoms with E-state index < -0.39 is 49.8 Å². The molecule has 2 aliphatic heterocycles. The zero-order chi connectivity index (χ0) is 45.3. The monoisotopic (exact) mass is 887 g/mol. The van der Waals surface area contributed by atoms with E-state index in [2.05, 4.69) is 48.7 Å². The maximum Gasteiger partial charge on any atom is 0.351 e. The molecular formula is C49H54N5O9P. The molecular weight excluding hydrogens is 834 g/mol. The van der Waals surface area contributed by atoms with E-state index in [1.165, 1.54) is 10.8 Å². The third-order valence-corrected chi connectivity index (χ3v) is 13.3. The first-order valence-electron chi connectivity index (χ1n) is 21.2. The van der Waals surface area contributed by atoms with Crippen LogP contribution >= 0.6 is 8.53 Å². The Balaban J connectivity index is 1.25. The minimum absolute atomic E-state index is 0.0293. The molecule has 0 aliphatic carbocycles. The zero-order valence-electron chi connectivity index (χ0n) is 36.8. The van der Waals surface area contributed by atoms with Gasteiger partial charge >= 0.3 is 5.69 Å². The fourth-order valence-corrected chi connectivity index (χ4v) is 10.0. The van der Waals surface area contributed by atoms with Crippen LogP contribution in [0.15, 0.2) is 139 Å². The van der Waals surface area contributed by atoms with Gasteiger partial charge in [0.1, 0.15) is 35.1 Å². The van der Waals surface area contributed by atoms with Crippen molar-refractivity contribution in [1.29, 1.82) is 5.26 Å². The average Bonchev–Trinajstić information content (AvgIpc) is 3.80. The molecule has 1 N–H and O–H groups in total. The molecule has 2 bridgehead atoms. The van der Waals surface area contributed by atoms with Gasteiger partial charge in [-0.25, -0.2) is 9.46 Å². The molecule has 0 saturated carbocycles. The summed E-state index contributed by atoms with van der Waals surface area (Å²) in [7, 11) is 1.52. The van der Waals surface area contributed by atoms with E-state index in [9.17, 15) is 14.9 Å². The third-order valence-electron chi connectivity index (χ3n) is 11.2. The predicted octanol–water partition coefficient (Wildman–Crippen LogP) is 8.75. The molecule has 1 aromatic heterocycles. The fraction of sp³-hybridized carbons (Fsp3) is 0.347. The Labute approximate surface area is 375 Å². The van der Waals surface area contributed by atoms with Crippen molar-refractivity contribution >= 4 is 20.3 Å². The topological polar surface area (TPSA) is 156 Å². The van der Waals surface area contributed by atoms with Crippen LogP contribution in [0.4, 0.5) is 5.82 Å². The van der Waals surface area contributed by atoms with Crippen LogP contribution in [-0.4, -0.2) is 77.5 Å². The highest BCUT2D eigenvalue weighted by Crippen LogP contribution is 2.56. The van der Waals surface area contributed by atoms with E-state index in [1.54, 1.807) is 50.8 Å². The molecule has 7 rings (SSSR count). The molecule has 2 fully saturated rings. The summed E-state index contributed by atoms with van der Waals surface area (Å²) < 4.78 is 48.4. The Kier molecular flexibility index (Phi) is 14.9. The highest BCUT2D eigenvalue weighted by atomic mass is 31.2. The zero-order valence-corrected chi connectivity index (χ0v) is 37.7. The lowest BCUT2D eigenvalue weighted by Gasteiger charge is -2.38. The van der Waals surface area contributed by atoms with Gasteiger partial charge in [0, 0.05) is 47.0 Å². The third kappa shape index (κ3) is 9.76. The number of amides is 1. The largest absolute Gasteiger partial charge is 0.497 e. The number of ether oxygens (including phenoxy) is 5. The molecule has 1 unspecified atom stereocenters. The van der Waals surface area contributed by atoms with Crippen molar-refractivity contribution in [3.05, 3.63) is 167 Å². The maximum atomic E-state index is 13.8. The van der Waals surface area contributed by atoms with Gasteiger partial charge in [-0.15, -0.1) is 0 Å². The number of benzene rings is 4. The minimum atomic E-state index is -1.74. The Morgan fingerprint density at radius 2 is 1.52 bits per heavy atom. The summed E-state index contributed by atoms with van der Waals surface area (Å²) >= 11 is 0. The number of anilines is 1. The first kappa shape index (κ1) is 46.1. The van der Waals surface area contributed by atoms with Crippen molar-refractivity contribution in [2.24, 2.45) is 0 Å². The average molecular weight is 888 g/mol. The number of nitrogens with one attached hydrogen (secondary N) is 1. The van der Waals surface area contributed by atoms with Gasteiger partial charge in [-0.2, -0.15) is 10.2 Å². The molecule has 5 aromatic rings. The number of rotatable bonds is 20. The molecule has 5 atom stereocenters. The highest BCUT2D eigenvalue weighted by molar-refractivity contribution is 7.44. The minimum Gasteiger partial charge on any atom is -0.497 e. The summed E-state index contributed by atoms with van der Waals surface area (Å²) in [6.07, 6.45) is 3.09. The van der Waals surface area contributed by atoms with Gasteiger partial charge < -0.3 is 38.0 Å². The summed E-state index contributed by atoms with van der Waals surface area (Å²) in [4.78, 5) is 30.9. The lowest BCUT2D eigenvalue weighted by atomic mass is 9.80. The molecule has 15 heteroatoms. The van der Waals surface area contributed by atoms with Crippen molar-refractivity contribution in [2.75, 3.05) is 32.8 Å². The van der Waals surface area contributed by atoms with E-state index in [-0.39, 0.29) is 44.0 Å². The summed E-state index contributed by atoms with van der Waals surface area (Å²) in [6.45, 7) is 8.57. The molecule has 3 heterocycles. The Bertz CT molecular complexity index is 2390. The number of aromatic nitrogens is 2. The van der Waals surface area contributed by atoms with Crippen LogP contribution in [0.5, 0.6) is 11.5 Å². The van der Waals surface area contributed by atoms with Gasteiger partial charge in [-0.05, 0) is 76.2 Å². The van der Waals surface area contributed by atoms with Crippen LogP contribution in [0.1, 0.15) is 73.8 Å². The number of hydrogen-bond acceptors (Lipinski definition) is 12. The predicted molar refractivity (Wildman–Crippen MR) is 243 cm³/mol. The van der Waals surface area contributed by atoms with Gasteiger partial charge in [0.2, 0.25) is 0 Å². The molecule has 4 aromatic carbocycles. The Morgan fingerprint density at radius 3 is 2.08 bits per heavy atom. The van der Waals surface area contributed by atoms with Crippen molar-refractivity contribution in [3.8, 4) is 17.6 Å². The van der Waals surface area contributed by atoms with Gasteiger partial charge in [-0.1, -0.05) is 72.8 Å². The standard InChI is InChI=1S/C49H54N5O9P/c1-34(2)54(35(3)4)64(61-32-14-29-50)63-44-43-46(53-30-27-42(52-47(53)56)51-45(55)36-15-9-7-10-16-36)62-48(44,33-59-43)28-13-31-60-49(37-17-11-8-12-18-37,38-19-23-40(57-5)24-20-38)39-21-25-41(58-6)26-22-39/h7-13,15-27,30-31,34-35,43-44,46H,14,28,32-33H2,1-6H3,(H,51,52,55,56)/t43-,44+,46-,48+,64?/m1/s1. The van der Waals surface area contributed by atoms with Crippen LogP contribution < -0.4 is 20.5 Å². The number of methoxy groups -OCH3 is 2. The molecule has 14 nitrogen and oxygen atoms in total. The molecule has 0 radical (unpaired) electrons. The number of carbonyl (C=O) groups is 1. The first-order valence-corrected chi connectivity index (χ1v) is 22.3. The van der Waals surface area contributed by atoms with Gasteiger partial charge in [0.15, 0.2) is 11.8 Å². The quantitative estimate of drug-likeness (QED) is 0.0344. The molecule has 1 amide bonds. The first-order chi connectivity index (χ1) is 31.0. The second kappa shape index (κ2) is 20.7. The van der Waals surface area contributed by atoms with Gasteiger partial charge in [-0.3, -0.25) is 9.36 Å². The van der Waals surface area contributed by atoms with E-state index >= 15 is 0 Å². The van der Waals surface area contributed by atoms with E-state index in [4.69, 9.17) is 32.7 Å². The molecule has 2 aliphatic rings.